The highest BCUT2D eigenvalue weighted by Crippen LogP contribution is 2.18. The summed E-state index contributed by atoms with van der Waals surface area (Å²) in [4.78, 5) is 18.4. The van der Waals surface area contributed by atoms with Crippen LogP contribution in [0.4, 0.5) is 5.82 Å². The second-order valence-corrected chi connectivity index (χ2v) is 4.36. The van der Waals surface area contributed by atoms with Crippen molar-refractivity contribution in [1.82, 2.24) is 9.97 Å². The van der Waals surface area contributed by atoms with Gasteiger partial charge >= 0.3 is 5.97 Å². The van der Waals surface area contributed by atoms with Gasteiger partial charge < -0.3 is 15.2 Å². The summed E-state index contributed by atoms with van der Waals surface area (Å²) >= 11 is 0. The largest absolute Gasteiger partial charge is 0.476 e. The third-order valence-corrected chi connectivity index (χ3v) is 3.07. The van der Waals surface area contributed by atoms with Gasteiger partial charge in [-0.2, -0.15) is 0 Å². The zero-order chi connectivity index (χ0) is 12.8. The Kier molecular flexibility index (Phi) is 4.46. The standard InChI is InChI=1S/C12H17N3O3/c16-12(17)10-7-15-11(8-14-10)13-4-1-9-2-5-18-6-3-9/h7-9H,1-6H2,(H,13,15)(H,16,17). The fourth-order valence-electron chi connectivity index (χ4n) is 1.97. The molecule has 18 heavy (non-hydrogen) atoms. The van der Waals surface area contributed by atoms with Gasteiger partial charge in [0.25, 0.3) is 0 Å². The third-order valence-electron chi connectivity index (χ3n) is 3.07. The van der Waals surface area contributed by atoms with Gasteiger partial charge in [-0.25, -0.2) is 14.8 Å². The van der Waals surface area contributed by atoms with Crippen LogP contribution >= 0.6 is 0 Å². The van der Waals surface area contributed by atoms with Gasteiger partial charge in [-0.1, -0.05) is 0 Å². The van der Waals surface area contributed by atoms with E-state index in [1.54, 1.807) is 0 Å². The Bertz CT molecular complexity index is 388. The molecule has 1 saturated heterocycles. The van der Waals surface area contributed by atoms with Crippen molar-refractivity contribution in [1.29, 1.82) is 0 Å². The minimum absolute atomic E-state index is 0.0371. The normalized spacial score (nSPS) is 16.4. The third kappa shape index (κ3) is 3.66. The molecular weight excluding hydrogens is 234 g/mol. The Morgan fingerprint density at radius 3 is 2.78 bits per heavy atom. The highest BCUT2D eigenvalue weighted by Gasteiger charge is 2.13. The van der Waals surface area contributed by atoms with Crippen molar-refractivity contribution < 1.29 is 14.6 Å². The second-order valence-electron chi connectivity index (χ2n) is 4.36. The molecule has 6 heteroatoms. The fourth-order valence-corrected chi connectivity index (χ4v) is 1.97. The average Bonchev–Trinajstić information content (AvgIpc) is 2.40. The number of carboxylic acid groups (broad SMARTS) is 1. The van der Waals surface area contributed by atoms with E-state index in [1.165, 1.54) is 12.4 Å². The van der Waals surface area contributed by atoms with Crippen LogP contribution < -0.4 is 5.32 Å². The highest BCUT2D eigenvalue weighted by atomic mass is 16.5. The van der Waals surface area contributed by atoms with Crippen LogP contribution in [-0.4, -0.2) is 40.8 Å². The van der Waals surface area contributed by atoms with E-state index in [0.717, 1.165) is 39.0 Å². The lowest BCUT2D eigenvalue weighted by molar-refractivity contribution is 0.0649. The monoisotopic (exact) mass is 251 g/mol. The molecule has 2 N–H and O–H groups in total. The molecule has 1 aromatic heterocycles. The summed E-state index contributed by atoms with van der Waals surface area (Å²) in [5.74, 6) is 0.265. The zero-order valence-electron chi connectivity index (χ0n) is 10.1. The maximum atomic E-state index is 10.6. The van der Waals surface area contributed by atoms with Crippen LogP contribution in [0.5, 0.6) is 0 Å². The van der Waals surface area contributed by atoms with Crippen LogP contribution in [0.25, 0.3) is 0 Å². The van der Waals surface area contributed by atoms with E-state index in [-0.39, 0.29) is 5.69 Å². The summed E-state index contributed by atoms with van der Waals surface area (Å²) in [6.07, 6.45) is 6.02. The van der Waals surface area contributed by atoms with Crippen LogP contribution in [-0.2, 0) is 4.74 Å². The summed E-state index contributed by atoms with van der Waals surface area (Å²) < 4.78 is 5.30. The molecule has 98 valence electrons. The molecule has 1 aromatic rings. The van der Waals surface area contributed by atoms with Crippen molar-refractivity contribution >= 4 is 11.8 Å². The molecule has 0 radical (unpaired) electrons. The van der Waals surface area contributed by atoms with E-state index in [4.69, 9.17) is 9.84 Å². The molecule has 1 aliphatic rings. The minimum atomic E-state index is -1.06. The van der Waals surface area contributed by atoms with Crippen LogP contribution in [0, 0.1) is 5.92 Å². The molecule has 0 aromatic carbocycles. The Morgan fingerprint density at radius 2 is 2.17 bits per heavy atom. The summed E-state index contributed by atoms with van der Waals surface area (Å²) in [5, 5.41) is 11.8. The van der Waals surface area contributed by atoms with Gasteiger partial charge in [0.15, 0.2) is 5.69 Å². The van der Waals surface area contributed by atoms with Crippen LogP contribution in [0.15, 0.2) is 12.4 Å². The molecule has 0 aliphatic carbocycles. The number of nitrogens with zero attached hydrogens (tertiary/aromatic N) is 2. The van der Waals surface area contributed by atoms with Crippen molar-refractivity contribution in [2.75, 3.05) is 25.1 Å². The fraction of sp³-hybridized carbons (Fsp3) is 0.583. The van der Waals surface area contributed by atoms with Gasteiger partial charge in [0.05, 0.1) is 12.4 Å². The van der Waals surface area contributed by atoms with E-state index in [0.29, 0.717) is 11.7 Å². The molecule has 0 atom stereocenters. The Balaban J connectivity index is 1.74. The van der Waals surface area contributed by atoms with Gasteiger partial charge in [0.2, 0.25) is 0 Å². The van der Waals surface area contributed by atoms with Crippen molar-refractivity contribution in [3.63, 3.8) is 0 Å². The molecule has 0 saturated carbocycles. The van der Waals surface area contributed by atoms with Gasteiger partial charge in [0.1, 0.15) is 5.82 Å². The molecule has 2 heterocycles. The predicted molar refractivity (Wildman–Crippen MR) is 65.6 cm³/mol. The Hall–Kier alpha value is -1.69. The summed E-state index contributed by atoms with van der Waals surface area (Å²) in [7, 11) is 0. The van der Waals surface area contributed by atoms with Gasteiger partial charge in [-0.15, -0.1) is 0 Å². The number of anilines is 1. The maximum Gasteiger partial charge on any atom is 0.356 e. The van der Waals surface area contributed by atoms with Crippen LogP contribution in [0.3, 0.4) is 0 Å². The molecule has 0 spiro atoms. The van der Waals surface area contributed by atoms with Crippen molar-refractivity contribution in [3.8, 4) is 0 Å². The van der Waals surface area contributed by atoms with Gasteiger partial charge in [0, 0.05) is 19.8 Å². The molecule has 2 rings (SSSR count). The highest BCUT2D eigenvalue weighted by molar-refractivity contribution is 5.84. The van der Waals surface area contributed by atoms with Gasteiger partial charge in [-0.05, 0) is 25.2 Å². The van der Waals surface area contributed by atoms with Crippen LogP contribution in [0.2, 0.25) is 0 Å². The first-order valence-corrected chi connectivity index (χ1v) is 6.12. The van der Waals surface area contributed by atoms with Crippen LogP contribution in [0.1, 0.15) is 29.8 Å². The number of hydrogen-bond acceptors (Lipinski definition) is 5. The number of aromatic carboxylic acids is 1. The average molecular weight is 251 g/mol. The molecular formula is C12H17N3O3. The number of carbonyl (C=O) groups is 1. The van der Waals surface area contributed by atoms with Crippen molar-refractivity contribution in [3.05, 3.63) is 18.1 Å². The van der Waals surface area contributed by atoms with Crippen molar-refractivity contribution in [2.45, 2.75) is 19.3 Å². The quantitative estimate of drug-likeness (QED) is 0.823. The summed E-state index contributed by atoms with van der Waals surface area (Å²) in [6, 6.07) is 0. The summed E-state index contributed by atoms with van der Waals surface area (Å²) in [5.41, 5.74) is -0.0371. The first kappa shape index (κ1) is 12.8. The number of aromatic nitrogens is 2. The van der Waals surface area contributed by atoms with E-state index in [1.807, 2.05) is 0 Å². The van der Waals surface area contributed by atoms with Crippen molar-refractivity contribution in [2.24, 2.45) is 5.92 Å². The lowest BCUT2D eigenvalue weighted by Crippen LogP contribution is -2.18. The first-order chi connectivity index (χ1) is 8.75. The lowest BCUT2D eigenvalue weighted by atomic mass is 9.97. The summed E-state index contributed by atoms with van der Waals surface area (Å²) in [6.45, 7) is 2.54. The Labute approximate surface area is 105 Å². The smallest absolute Gasteiger partial charge is 0.356 e. The number of carboxylic acids is 1. The number of ether oxygens (including phenoxy) is 1. The number of hydrogen-bond donors (Lipinski definition) is 2. The molecule has 1 fully saturated rings. The zero-order valence-corrected chi connectivity index (χ0v) is 10.1. The van der Waals surface area contributed by atoms with E-state index < -0.39 is 5.97 Å². The molecule has 0 amide bonds. The van der Waals surface area contributed by atoms with E-state index in [9.17, 15) is 4.79 Å². The molecule has 6 nitrogen and oxygen atoms in total. The maximum absolute atomic E-state index is 10.6. The van der Waals surface area contributed by atoms with E-state index >= 15 is 0 Å². The first-order valence-electron chi connectivity index (χ1n) is 6.12. The Morgan fingerprint density at radius 1 is 1.39 bits per heavy atom. The number of nitrogens with one attached hydrogen (secondary N) is 1. The molecule has 0 unspecified atom stereocenters. The van der Waals surface area contributed by atoms with Gasteiger partial charge in [-0.3, -0.25) is 0 Å². The molecule has 0 bridgehead atoms. The lowest BCUT2D eigenvalue weighted by Gasteiger charge is -2.21. The second kappa shape index (κ2) is 6.30. The number of rotatable bonds is 5. The molecule has 1 aliphatic heterocycles. The minimum Gasteiger partial charge on any atom is -0.476 e. The SMILES string of the molecule is O=C(O)c1cnc(NCCC2CCOCC2)cn1. The van der Waals surface area contributed by atoms with E-state index in [2.05, 4.69) is 15.3 Å². The topological polar surface area (TPSA) is 84.3 Å². The predicted octanol–water partition coefficient (Wildman–Crippen LogP) is 1.40.